The smallest absolute Gasteiger partial charge is 0.249 e. The lowest BCUT2D eigenvalue weighted by atomic mass is 9.87. The molecule has 4 N–H and O–H groups in total. The van der Waals surface area contributed by atoms with Crippen molar-refractivity contribution in [1.29, 1.82) is 0 Å². The molecule has 2 aromatic carbocycles. The number of likely N-dealkylation sites (tertiary alicyclic amines) is 1. The molecular weight excluding hydrogens is 528 g/mol. The number of nitrogens with one attached hydrogen (secondary N) is 3. The quantitative estimate of drug-likeness (QED) is 0.245. The fourth-order valence-electron chi connectivity index (χ4n) is 6.19. The summed E-state index contributed by atoms with van der Waals surface area (Å²) < 4.78 is 0. The molecule has 0 bridgehead atoms. The SMILES string of the molecule is CC(=O)NC1(CC(C)C)CCN([C@@H](CCc2ccccc2)C(=O)N[C@@H](Cc2ccccc2)[C@H](O)CNCC2CC2)C1=O. The van der Waals surface area contributed by atoms with Gasteiger partial charge in [0.05, 0.1) is 12.1 Å². The van der Waals surface area contributed by atoms with Crippen molar-refractivity contribution in [3.05, 3.63) is 71.8 Å². The molecule has 4 rings (SSSR count). The van der Waals surface area contributed by atoms with E-state index in [4.69, 9.17) is 0 Å². The molecule has 2 aliphatic rings. The van der Waals surface area contributed by atoms with E-state index < -0.39 is 23.7 Å². The van der Waals surface area contributed by atoms with Crippen molar-refractivity contribution in [2.24, 2.45) is 11.8 Å². The first kappa shape index (κ1) is 31.7. The van der Waals surface area contributed by atoms with Gasteiger partial charge in [0.1, 0.15) is 11.6 Å². The second-order valence-corrected chi connectivity index (χ2v) is 12.6. The summed E-state index contributed by atoms with van der Waals surface area (Å²) in [5.41, 5.74) is 1.09. The molecule has 42 heavy (non-hydrogen) atoms. The molecule has 1 saturated carbocycles. The van der Waals surface area contributed by atoms with Gasteiger partial charge in [-0.1, -0.05) is 74.5 Å². The van der Waals surface area contributed by atoms with Crippen molar-refractivity contribution in [2.45, 2.75) is 89.4 Å². The van der Waals surface area contributed by atoms with E-state index in [0.29, 0.717) is 51.1 Å². The minimum atomic E-state index is -1.01. The monoisotopic (exact) mass is 576 g/mol. The number of aliphatic hydroxyl groups excluding tert-OH is 1. The van der Waals surface area contributed by atoms with E-state index in [2.05, 4.69) is 16.0 Å². The third kappa shape index (κ3) is 8.88. The summed E-state index contributed by atoms with van der Waals surface area (Å²) in [4.78, 5) is 42.0. The number of hydrogen-bond donors (Lipinski definition) is 4. The summed E-state index contributed by atoms with van der Waals surface area (Å²) in [7, 11) is 0. The van der Waals surface area contributed by atoms with Gasteiger partial charge in [0.2, 0.25) is 17.7 Å². The molecule has 1 heterocycles. The van der Waals surface area contributed by atoms with E-state index in [0.717, 1.165) is 17.7 Å². The highest BCUT2D eigenvalue weighted by molar-refractivity contribution is 5.96. The molecule has 8 heteroatoms. The van der Waals surface area contributed by atoms with Gasteiger partial charge in [-0.15, -0.1) is 0 Å². The second-order valence-electron chi connectivity index (χ2n) is 12.6. The average molecular weight is 577 g/mol. The molecule has 4 atom stereocenters. The fraction of sp³-hybridized carbons (Fsp3) is 0.559. The highest BCUT2D eigenvalue weighted by Crippen LogP contribution is 2.32. The Morgan fingerprint density at radius 3 is 2.26 bits per heavy atom. The molecule has 228 valence electrons. The number of nitrogens with zero attached hydrogens (tertiary/aromatic N) is 1. The Kier molecular flexibility index (Phi) is 11.2. The maximum absolute atomic E-state index is 14.1. The third-order valence-electron chi connectivity index (χ3n) is 8.42. The Morgan fingerprint density at radius 2 is 1.67 bits per heavy atom. The van der Waals surface area contributed by atoms with Crippen molar-refractivity contribution in [1.82, 2.24) is 20.9 Å². The van der Waals surface area contributed by atoms with Crippen molar-refractivity contribution < 1.29 is 19.5 Å². The number of amides is 3. The van der Waals surface area contributed by atoms with Crippen LogP contribution in [0.4, 0.5) is 0 Å². The zero-order valence-electron chi connectivity index (χ0n) is 25.4. The topological polar surface area (TPSA) is 111 Å². The van der Waals surface area contributed by atoms with Gasteiger partial charge in [-0.25, -0.2) is 0 Å². The van der Waals surface area contributed by atoms with Gasteiger partial charge in [0, 0.05) is 20.0 Å². The first-order valence-corrected chi connectivity index (χ1v) is 15.5. The number of benzene rings is 2. The van der Waals surface area contributed by atoms with Crippen LogP contribution in [0.1, 0.15) is 64.0 Å². The van der Waals surface area contributed by atoms with E-state index in [9.17, 15) is 19.5 Å². The van der Waals surface area contributed by atoms with Crippen LogP contribution in [0.2, 0.25) is 0 Å². The van der Waals surface area contributed by atoms with Crippen LogP contribution >= 0.6 is 0 Å². The first-order chi connectivity index (χ1) is 20.2. The predicted molar refractivity (Wildman–Crippen MR) is 165 cm³/mol. The minimum Gasteiger partial charge on any atom is -0.390 e. The lowest BCUT2D eigenvalue weighted by Crippen LogP contribution is -2.59. The second kappa shape index (κ2) is 14.8. The van der Waals surface area contributed by atoms with Gasteiger partial charge in [-0.3, -0.25) is 14.4 Å². The standard InChI is InChI=1S/C34H48N4O4/c1-24(2)21-34(37-25(3)39)18-19-38(33(34)42)30(17-16-26-10-6-4-7-11-26)32(41)36-29(20-27-12-8-5-9-13-27)31(40)23-35-22-28-14-15-28/h4-13,24,28-31,35,40H,14-23H2,1-3H3,(H,36,41)(H,37,39)/t29-,30-,31+,34?/m0/s1. The number of carbonyl (C=O) groups is 3. The Morgan fingerprint density at radius 1 is 1.02 bits per heavy atom. The van der Waals surface area contributed by atoms with Crippen LogP contribution in [0, 0.1) is 11.8 Å². The maximum atomic E-state index is 14.1. The number of aliphatic hydroxyl groups is 1. The molecule has 8 nitrogen and oxygen atoms in total. The zero-order chi connectivity index (χ0) is 30.1. The number of carbonyl (C=O) groups excluding carboxylic acids is 3. The number of rotatable bonds is 16. The van der Waals surface area contributed by atoms with Crippen molar-refractivity contribution in [2.75, 3.05) is 19.6 Å². The first-order valence-electron chi connectivity index (χ1n) is 15.5. The lowest BCUT2D eigenvalue weighted by molar-refractivity contribution is -0.143. The van der Waals surface area contributed by atoms with Gasteiger partial charge in [-0.05, 0) is 74.5 Å². The maximum Gasteiger partial charge on any atom is 0.249 e. The molecule has 0 radical (unpaired) electrons. The molecule has 0 spiro atoms. The Labute approximate surface area is 250 Å². The highest BCUT2D eigenvalue weighted by atomic mass is 16.3. The molecule has 2 fully saturated rings. The summed E-state index contributed by atoms with van der Waals surface area (Å²) >= 11 is 0. The van der Waals surface area contributed by atoms with Gasteiger partial charge in [0.25, 0.3) is 0 Å². The van der Waals surface area contributed by atoms with Crippen LogP contribution in [0.3, 0.4) is 0 Å². The normalized spacial score (nSPS) is 20.8. The average Bonchev–Trinajstić information content (AvgIpc) is 3.73. The molecule has 2 aromatic rings. The highest BCUT2D eigenvalue weighted by Gasteiger charge is 2.50. The Balaban J connectivity index is 1.55. The number of aryl methyl sites for hydroxylation is 1. The van der Waals surface area contributed by atoms with Crippen LogP contribution in [-0.2, 0) is 27.2 Å². The van der Waals surface area contributed by atoms with Crippen LogP contribution in [0.15, 0.2) is 60.7 Å². The molecule has 1 aliphatic heterocycles. The molecule has 1 aliphatic carbocycles. The molecule has 1 saturated heterocycles. The van der Waals surface area contributed by atoms with Gasteiger partial charge in [0.15, 0.2) is 0 Å². The van der Waals surface area contributed by atoms with E-state index in [-0.39, 0.29) is 23.6 Å². The zero-order valence-corrected chi connectivity index (χ0v) is 25.4. The summed E-state index contributed by atoms with van der Waals surface area (Å²) in [6.07, 6.45) is 4.14. The fourth-order valence-corrected chi connectivity index (χ4v) is 6.19. The summed E-state index contributed by atoms with van der Waals surface area (Å²) in [5, 5.41) is 20.7. The van der Waals surface area contributed by atoms with Crippen molar-refractivity contribution in [3.63, 3.8) is 0 Å². The van der Waals surface area contributed by atoms with E-state index >= 15 is 0 Å². The van der Waals surface area contributed by atoms with Crippen LogP contribution in [-0.4, -0.2) is 71.1 Å². The molecule has 0 aromatic heterocycles. The van der Waals surface area contributed by atoms with E-state index in [1.165, 1.54) is 19.8 Å². The summed E-state index contributed by atoms with van der Waals surface area (Å²) in [5.74, 6) is 0.139. The van der Waals surface area contributed by atoms with Crippen LogP contribution in [0.25, 0.3) is 0 Å². The molecule has 3 amide bonds. The number of hydrogen-bond acceptors (Lipinski definition) is 5. The lowest BCUT2D eigenvalue weighted by Gasteiger charge is -2.34. The van der Waals surface area contributed by atoms with E-state index in [1.54, 1.807) is 4.90 Å². The van der Waals surface area contributed by atoms with Gasteiger partial charge in [-0.2, -0.15) is 0 Å². The minimum absolute atomic E-state index is 0.186. The van der Waals surface area contributed by atoms with Gasteiger partial charge < -0.3 is 26.0 Å². The Hall–Kier alpha value is -3.23. The third-order valence-corrected chi connectivity index (χ3v) is 8.42. The van der Waals surface area contributed by atoms with Crippen molar-refractivity contribution in [3.8, 4) is 0 Å². The largest absolute Gasteiger partial charge is 0.390 e. The van der Waals surface area contributed by atoms with Crippen molar-refractivity contribution >= 4 is 17.7 Å². The molecular formula is C34H48N4O4. The van der Waals surface area contributed by atoms with Crippen LogP contribution < -0.4 is 16.0 Å². The van der Waals surface area contributed by atoms with Crippen LogP contribution in [0.5, 0.6) is 0 Å². The summed E-state index contributed by atoms with van der Waals surface area (Å²) in [6, 6.07) is 18.5. The Bertz CT molecular complexity index is 1170. The predicted octanol–water partition coefficient (Wildman–Crippen LogP) is 3.23. The molecule has 1 unspecified atom stereocenters. The van der Waals surface area contributed by atoms with E-state index in [1.807, 2.05) is 74.5 Å². The summed E-state index contributed by atoms with van der Waals surface area (Å²) in [6.45, 7) is 7.13. The van der Waals surface area contributed by atoms with Gasteiger partial charge >= 0.3 is 0 Å².